The summed E-state index contributed by atoms with van der Waals surface area (Å²) in [7, 11) is 0. The highest BCUT2D eigenvalue weighted by molar-refractivity contribution is 5.95. The van der Waals surface area contributed by atoms with Crippen molar-refractivity contribution >= 4 is 11.9 Å². The standard InChI is InChI=1S/C11H18O3/c1-4-5-6-11(2,3)8-7-9(12)14-10(8)13/h8H,4-7H2,1-3H3. The number of carbonyl (C=O) groups is 2. The molecule has 1 aliphatic rings. The maximum atomic E-state index is 11.4. The van der Waals surface area contributed by atoms with E-state index in [0.717, 1.165) is 19.3 Å². The van der Waals surface area contributed by atoms with Crippen LogP contribution in [0.4, 0.5) is 0 Å². The summed E-state index contributed by atoms with van der Waals surface area (Å²) in [6.07, 6.45) is 3.43. The predicted molar refractivity (Wildman–Crippen MR) is 52.5 cm³/mol. The molecule has 1 saturated heterocycles. The average Bonchev–Trinajstić information content (AvgIpc) is 2.42. The molecule has 0 aliphatic carbocycles. The van der Waals surface area contributed by atoms with Gasteiger partial charge in [-0.3, -0.25) is 9.59 Å². The summed E-state index contributed by atoms with van der Waals surface area (Å²) in [5.41, 5.74) is -0.112. The lowest BCUT2D eigenvalue weighted by atomic mass is 9.74. The third-order valence-corrected chi connectivity index (χ3v) is 2.99. The second-order valence-electron chi connectivity index (χ2n) is 4.64. The summed E-state index contributed by atoms with van der Waals surface area (Å²) in [5, 5.41) is 0. The largest absolute Gasteiger partial charge is 0.393 e. The van der Waals surface area contributed by atoms with Gasteiger partial charge < -0.3 is 4.74 Å². The minimum absolute atomic E-state index is 0.112. The Labute approximate surface area is 84.8 Å². The molecule has 1 unspecified atom stereocenters. The Morgan fingerprint density at radius 1 is 1.43 bits per heavy atom. The zero-order valence-corrected chi connectivity index (χ0v) is 9.13. The van der Waals surface area contributed by atoms with E-state index in [2.05, 4.69) is 11.7 Å². The molecule has 0 saturated carbocycles. The normalized spacial score (nSPS) is 22.6. The van der Waals surface area contributed by atoms with E-state index in [1.54, 1.807) is 0 Å². The molecule has 80 valence electrons. The highest BCUT2D eigenvalue weighted by Crippen LogP contribution is 2.38. The van der Waals surface area contributed by atoms with E-state index in [0.29, 0.717) is 0 Å². The van der Waals surface area contributed by atoms with Gasteiger partial charge in [-0.15, -0.1) is 0 Å². The zero-order valence-electron chi connectivity index (χ0n) is 9.13. The Kier molecular flexibility index (Phi) is 3.29. The van der Waals surface area contributed by atoms with Gasteiger partial charge in [0.05, 0.1) is 12.3 Å². The molecule has 3 nitrogen and oxygen atoms in total. The Morgan fingerprint density at radius 2 is 2.07 bits per heavy atom. The molecule has 1 rings (SSSR count). The van der Waals surface area contributed by atoms with Gasteiger partial charge in [0.15, 0.2) is 0 Å². The Morgan fingerprint density at radius 3 is 2.50 bits per heavy atom. The van der Waals surface area contributed by atoms with Crippen molar-refractivity contribution in [2.45, 2.75) is 46.5 Å². The maximum absolute atomic E-state index is 11.4. The molecular formula is C11H18O3. The fourth-order valence-electron chi connectivity index (χ4n) is 1.88. The van der Waals surface area contributed by atoms with Gasteiger partial charge >= 0.3 is 11.9 Å². The van der Waals surface area contributed by atoms with E-state index in [1.807, 2.05) is 13.8 Å². The van der Waals surface area contributed by atoms with Gasteiger partial charge in [0, 0.05) is 0 Å². The van der Waals surface area contributed by atoms with Gasteiger partial charge in [-0.2, -0.15) is 0 Å². The van der Waals surface area contributed by atoms with Crippen molar-refractivity contribution in [2.75, 3.05) is 0 Å². The molecule has 1 heterocycles. The van der Waals surface area contributed by atoms with Crippen LogP contribution in [0.25, 0.3) is 0 Å². The lowest BCUT2D eigenvalue weighted by Gasteiger charge is -2.27. The number of cyclic esters (lactones) is 2. The molecule has 1 fully saturated rings. The molecule has 0 aromatic rings. The predicted octanol–water partition coefficient (Wildman–Crippen LogP) is 2.29. The number of carbonyl (C=O) groups excluding carboxylic acids is 2. The van der Waals surface area contributed by atoms with Crippen LogP contribution in [0.5, 0.6) is 0 Å². The van der Waals surface area contributed by atoms with E-state index in [9.17, 15) is 9.59 Å². The fraction of sp³-hybridized carbons (Fsp3) is 0.818. The van der Waals surface area contributed by atoms with Crippen molar-refractivity contribution in [2.24, 2.45) is 11.3 Å². The van der Waals surface area contributed by atoms with E-state index >= 15 is 0 Å². The molecule has 0 spiro atoms. The van der Waals surface area contributed by atoms with Crippen molar-refractivity contribution in [1.82, 2.24) is 0 Å². The molecule has 0 radical (unpaired) electrons. The van der Waals surface area contributed by atoms with Gasteiger partial charge in [-0.1, -0.05) is 33.6 Å². The van der Waals surface area contributed by atoms with E-state index < -0.39 is 0 Å². The molecule has 1 atom stereocenters. The van der Waals surface area contributed by atoms with E-state index in [1.165, 1.54) is 0 Å². The second-order valence-corrected chi connectivity index (χ2v) is 4.64. The molecule has 0 amide bonds. The minimum atomic E-state index is -0.371. The summed E-state index contributed by atoms with van der Waals surface area (Å²) < 4.78 is 4.56. The van der Waals surface area contributed by atoms with E-state index in [4.69, 9.17) is 0 Å². The van der Waals surface area contributed by atoms with Crippen LogP contribution in [0, 0.1) is 11.3 Å². The van der Waals surface area contributed by atoms with Gasteiger partial charge in [-0.25, -0.2) is 0 Å². The third-order valence-electron chi connectivity index (χ3n) is 2.99. The number of hydrogen-bond acceptors (Lipinski definition) is 3. The monoisotopic (exact) mass is 198 g/mol. The molecular weight excluding hydrogens is 180 g/mol. The smallest absolute Gasteiger partial charge is 0.317 e. The van der Waals surface area contributed by atoms with Crippen LogP contribution in [-0.2, 0) is 14.3 Å². The topological polar surface area (TPSA) is 43.4 Å². The molecule has 0 aromatic carbocycles. The number of esters is 2. The van der Waals surface area contributed by atoms with Crippen molar-refractivity contribution in [3.05, 3.63) is 0 Å². The molecule has 14 heavy (non-hydrogen) atoms. The summed E-state index contributed by atoms with van der Waals surface area (Å²) in [5.74, 6) is -0.942. The average molecular weight is 198 g/mol. The molecule has 3 heteroatoms. The fourth-order valence-corrected chi connectivity index (χ4v) is 1.88. The first-order valence-electron chi connectivity index (χ1n) is 5.22. The summed E-state index contributed by atoms with van der Waals surface area (Å²) in [6, 6.07) is 0. The molecule has 0 N–H and O–H groups in total. The first kappa shape index (κ1) is 11.2. The zero-order chi connectivity index (χ0) is 10.8. The SMILES string of the molecule is CCCCC(C)(C)C1CC(=O)OC1=O. The highest BCUT2D eigenvalue weighted by Gasteiger charge is 2.43. The van der Waals surface area contributed by atoms with Crippen LogP contribution in [-0.4, -0.2) is 11.9 Å². The lowest BCUT2D eigenvalue weighted by Crippen LogP contribution is -2.27. The number of hydrogen-bond donors (Lipinski definition) is 0. The number of rotatable bonds is 4. The Bertz CT molecular complexity index is 243. The summed E-state index contributed by atoms with van der Waals surface area (Å²) in [6.45, 7) is 6.19. The van der Waals surface area contributed by atoms with E-state index in [-0.39, 0.29) is 29.7 Å². The number of ether oxygens (including phenoxy) is 1. The Hall–Kier alpha value is -0.860. The second kappa shape index (κ2) is 4.11. The van der Waals surface area contributed by atoms with Gasteiger partial charge in [0.1, 0.15) is 0 Å². The highest BCUT2D eigenvalue weighted by atomic mass is 16.6. The summed E-state index contributed by atoms with van der Waals surface area (Å²) in [4.78, 5) is 22.3. The number of unbranched alkanes of at least 4 members (excludes halogenated alkanes) is 1. The maximum Gasteiger partial charge on any atom is 0.317 e. The van der Waals surface area contributed by atoms with Gasteiger partial charge in [0.2, 0.25) is 0 Å². The lowest BCUT2D eigenvalue weighted by molar-refractivity contribution is -0.154. The Balaban J connectivity index is 2.62. The van der Waals surface area contributed by atoms with Crippen LogP contribution >= 0.6 is 0 Å². The van der Waals surface area contributed by atoms with Crippen molar-refractivity contribution in [1.29, 1.82) is 0 Å². The van der Waals surface area contributed by atoms with Crippen molar-refractivity contribution in [3.63, 3.8) is 0 Å². The van der Waals surface area contributed by atoms with Crippen LogP contribution < -0.4 is 0 Å². The molecule has 0 bridgehead atoms. The molecule has 0 aromatic heterocycles. The van der Waals surface area contributed by atoms with Crippen LogP contribution in [0.3, 0.4) is 0 Å². The first-order chi connectivity index (χ1) is 6.47. The van der Waals surface area contributed by atoms with Crippen LogP contribution in [0.15, 0.2) is 0 Å². The van der Waals surface area contributed by atoms with Gasteiger partial charge in [-0.05, 0) is 11.8 Å². The van der Waals surface area contributed by atoms with Gasteiger partial charge in [0.25, 0.3) is 0 Å². The molecule has 1 aliphatic heterocycles. The summed E-state index contributed by atoms with van der Waals surface area (Å²) >= 11 is 0. The quantitative estimate of drug-likeness (QED) is 0.514. The minimum Gasteiger partial charge on any atom is -0.393 e. The van der Waals surface area contributed by atoms with Crippen LogP contribution in [0.1, 0.15) is 46.5 Å². The third kappa shape index (κ3) is 2.34. The van der Waals surface area contributed by atoms with Crippen molar-refractivity contribution < 1.29 is 14.3 Å². The van der Waals surface area contributed by atoms with Crippen molar-refractivity contribution in [3.8, 4) is 0 Å². The first-order valence-corrected chi connectivity index (χ1v) is 5.22. The van der Waals surface area contributed by atoms with Crippen LogP contribution in [0.2, 0.25) is 0 Å².